The first-order chi connectivity index (χ1) is 8.86. The summed E-state index contributed by atoms with van der Waals surface area (Å²) in [6, 6.07) is 0.788. The van der Waals surface area contributed by atoms with Gasteiger partial charge in [-0.1, -0.05) is 12.8 Å². The molecule has 1 rings (SSSR count). The van der Waals surface area contributed by atoms with Crippen LogP contribution in [0.1, 0.15) is 32.1 Å². The van der Waals surface area contributed by atoms with Gasteiger partial charge in [0.05, 0.1) is 13.2 Å². The summed E-state index contributed by atoms with van der Waals surface area (Å²) in [4.78, 5) is 2.42. The lowest BCUT2D eigenvalue weighted by atomic mass is 10.2. The molecular formula is C14H30N2O2. The van der Waals surface area contributed by atoms with Gasteiger partial charge in [-0.2, -0.15) is 0 Å². The highest BCUT2D eigenvalue weighted by molar-refractivity contribution is 4.73. The van der Waals surface area contributed by atoms with Crippen molar-refractivity contribution in [3.63, 3.8) is 0 Å². The molecule has 108 valence electrons. The lowest BCUT2D eigenvalue weighted by molar-refractivity contribution is 0.113. The first-order valence-electron chi connectivity index (χ1n) is 7.30. The van der Waals surface area contributed by atoms with Crippen LogP contribution in [-0.2, 0) is 9.47 Å². The van der Waals surface area contributed by atoms with Crippen LogP contribution in [0.3, 0.4) is 0 Å². The van der Waals surface area contributed by atoms with E-state index in [9.17, 15) is 0 Å². The SMILES string of the molecule is COCCN(CCCNC1CCCC1)CCOC. The number of nitrogens with one attached hydrogen (secondary N) is 1. The molecule has 1 fully saturated rings. The molecule has 0 spiro atoms. The van der Waals surface area contributed by atoms with Gasteiger partial charge in [-0.3, -0.25) is 4.90 Å². The molecule has 1 N–H and O–H groups in total. The van der Waals surface area contributed by atoms with Crippen molar-refractivity contribution in [2.24, 2.45) is 0 Å². The Balaban J connectivity index is 2.03. The van der Waals surface area contributed by atoms with Crippen LogP contribution in [0.2, 0.25) is 0 Å². The number of nitrogens with zero attached hydrogens (tertiary/aromatic N) is 1. The highest BCUT2D eigenvalue weighted by atomic mass is 16.5. The molecule has 4 heteroatoms. The van der Waals surface area contributed by atoms with Crippen LogP contribution in [0.5, 0.6) is 0 Å². The van der Waals surface area contributed by atoms with E-state index in [1.807, 2.05) is 0 Å². The summed E-state index contributed by atoms with van der Waals surface area (Å²) >= 11 is 0. The Bertz CT molecular complexity index is 177. The maximum absolute atomic E-state index is 5.14. The second-order valence-corrected chi connectivity index (χ2v) is 5.12. The van der Waals surface area contributed by atoms with Gasteiger partial charge in [-0.05, 0) is 32.4 Å². The van der Waals surface area contributed by atoms with Crippen molar-refractivity contribution in [2.45, 2.75) is 38.1 Å². The highest BCUT2D eigenvalue weighted by Crippen LogP contribution is 2.17. The molecule has 0 saturated heterocycles. The van der Waals surface area contributed by atoms with Crippen LogP contribution in [0.25, 0.3) is 0 Å². The van der Waals surface area contributed by atoms with E-state index in [1.165, 1.54) is 32.1 Å². The van der Waals surface area contributed by atoms with E-state index >= 15 is 0 Å². The van der Waals surface area contributed by atoms with Gasteiger partial charge in [0.1, 0.15) is 0 Å². The van der Waals surface area contributed by atoms with Gasteiger partial charge in [0.25, 0.3) is 0 Å². The molecule has 1 saturated carbocycles. The molecule has 0 aromatic carbocycles. The van der Waals surface area contributed by atoms with Crippen molar-refractivity contribution in [3.8, 4) is 0 Å². The Kier molecular flexibility index (Phi) is 9.48. The lowest BCUT2D eigenvalue weighted by Crippen LogP contribution is -2.34. The molecule has 4 nitrogen and oxygen atoms in total. The van der Waals surface area contributed by atoms with E-state index in [0.717, 1.165) is 45.4 Å². The van der Waals surface area contributed by atoms with E-state index < -0.39 is 0 Å². The molecule has 0 aromatic rings. The topological polar surface area (TPSA) is 33.7 Å². The average molecular weight is 258 g/mol. The van der Waals surface area contributed by atoms with Crippen molar-refractivity contribution in [1.29, 1.82) is 0 Å². The van der Waals surface area contributed by atoms with Gasteiger partial charge in [-0.15, -0.1) is 0 Å². The molecule has 0 atom stereocenters. The van der Waals surface area contributed by atoms with Crippen molar-refractivity contribution in [2.75, 3.05) is 53.6 Å². The fourth-order valence-electron chi connectivity index (χ4n) is 2.51. The van der Waals surface area contributed by atoms with Gasteiger partial charge >= 0.3 is 0 Å². The Morgan fingerprint density at radius 2 is 1.61 bits per heavy atom. The second-order valence-electron chi connectivity index (χ2n) is 5.12. The minimum absolute atomic E-state index is 0.788. The van der Waals surface area contributed by atoms with Gasteiger partial charge in [-0.25, -0.2) is 0 Å². The van der Waals surface area contributed by atoms with Gasteiger partial charge in [0.15, 0.2) is 0 Å². The molecule has 0 bridgehead atoms. The van der Waals surface area contributed by atoms with Crippen molar-refractivity contribution >= 4 is 0 Å². The monoisotopic (exact) mass is 258 g/mol. The number of methoxy groups -OCH3 is 2. The molecule has 0 radical (unpaired) electrons. The van der Waals surface area contributed by atoms with E-state index in [2.05, 4.69) is 10.2 Å². The zero-order valence-electron chi connectivity index (χ0n) is 12.1. The summed E-state index contributed by atoms with van der Waals surface area (Å²) in [5, 5.41) is 3.66. The van der Waals surface area contributed by atoms with Gasteiger partial charge in [0, 0.05) is 33.4 Å². The largest absolute Gasteiger partial charge is 0.383 e. The Labute approximate surface area is 112 Å². The molecule has 0 amide bonds. The first-order valence-corrected chi connectivity index (χ1v) is 7.30. The smallest absolute Gasteiger partial charge is 0.0589 e. The van der Waals surface area contributed by atoms with Crippen molar-refractivity contribution < 1.29 is 9.47 Å². The summed E-state index contributed by atoms with van der Waals surface area (Å²) in [6.45, 7) is 5.89. The second kappa shape index (κ2) is 10.7. The third kappa shape index (κ3) is 7.31. The summed E-state index contributed by atoms with van der Waals surface area (Å²) in [5.41, 5.74) is 0. The highest BCUT2D eigenvalue weighted by Gasteiger charge is 2.13. The van der Waals surface area contributed by atoms with Crippen LogP contribution >= 0.6 is 0 Å². The molecule has 1 aliphatic rings. The minimum atomic E-state index is 0.788. The zero-order chi connectivity index (χ0) is 13.1. The van der Waals surface area contributed by atoms with E-state index in [0.29, 0.717) is 0 Å². The van der Waals surface area contributed by atoms with E-state index in [4.69, 9.17) is 9.47 Å². The predicted octanol–water partition coefficient (Wildman–Crippen LogP) is 1.50. The minimum Gasteiger partial charge on any atom is -0.383 e. The van der Waals surface area contributed by atoms with Crippen LogP contribution in [0.15, 0.2) is 0 Å². The van der Waals surface area contributed by atoms with E-state index in [1.54, 1.807) is 14.2 Å². The number of ether oxygens (including phenoxy) is 2. The Morgan fingerprint density at radius 1 is 1.00 bits per heavy atom. The molecular weight excluding hydrogens is 228 g/mol. The lowest BCUT2D eigenvalue weighted by Gasteiger charge is -2.22. The Hall–Kier alpha value is -0.160. The summed E-state index contributed by atoms with van der Waals surface area (Å²) in [7, 11) is 3.52. The Morgan fingerprint density at radius 3 is 2.17 bits per heavy atom. The number of rotatable bonds is 11. The van der Waals surface area contributed by atoms with Crippen molar-refractivity contribution in [1.82, 2.24) is 10.2 Å². The normalized spacial score (nSPS) is 16.8. The fraction of sp³-hybridized carbons (Fsp3) is 1.00. The van der Waals surface area contributed by atoms with Crippen LogP contribution < -0.4 is 5.32 Å². The quantitative estimate of drug-likeness (QED) is 0.570. The number of hydrogen-bond acceptors (Lipinski definition) is 4. The third-order valence-electron chi connectivity index (χ3n) is 3.66. The van der Waals surface area contributed by atoms with Crippen LogP contribution in [0.4, 0.5) is 0 Å². The van der Waals surface area contributed by atoms with E-state index in [-0.39, 0.29) is 0 Å². The summed E-state index contributed by atoms with van der Waals surface area (Å²) in [5.74, 6) is 0. The average Bonchev–Trinajstić information content (AvgIpc) is 2.90. The predicted molar refractivity (Wildman–Crippen MR) is 75.1 cm³/mol. The van der Waals surface area contributed by atoms with Crippen LogP contribution in [-0.4, -0.2) is 64.6 Å². The molecule has 0 heterocycles. The third-order valence-corrected chi connectivity index (χ3v) is 3.66. The maximum Gasteiger partial charge on any atom is 0.0589 e. The fourth-order valence-corrected chi connectivity index (χ4v) is 2.51. The summed E-state index contributed by atoms with van der Waals surface area (Å²) in [6.07, 6.45) is 6.77. The molecule has 18 heavy (non-hydrogen) atoms. The first kappa shape index (κ1) is 15.9. The zero-order valence-corrected chi connectivity index (χ0v) is 12.1. The molecule has 0 aliphatic heterocycles. The number of hydrogen-bond donors (Lipinski definition) is 1. The van der Waals surface area contributed by atoms with Crippen molar-refractivity contribution in [3.05, 3.63) is 0 Å². The molecule has 0 aromatic heterocycles. The molecule has 0 unspecified atom stereocenters. The summed E-state index contributed by atoms with van der Waals surface area (Å²) < 4.78 is 10.3. The molecule has 1 aliphatic carbocycles. The van der Waals surface area contributed by atoms with Gasteiger partial charge < -0.3 is 14.8 Å². The van der Waals surface area contributed by atoms with Gasteiger partial charge in [0.2, 0.25) is 0 Å². The van der Waals surface area contributed by atoms with Crippen LogP contribution in [0, 0.1) is 0 Å². The standard InChI is InChI=1S/C14H30N2O2/c1-17-12-10-16(11-13-18-2)9-5-8-15-14-6-3-4-7-14/h14-15H,3-13H2,1-2H3. The maximum atomic E-state index is 5.14.